The quantitative estimate of drug-likeness (QED) is 0.436. The Balaban J connectivity index is 3.21. The maximum absolute atomic E-state index is 11.4. The summed E-state index contributed by atoms with van der Waals surface area (Å²) in [4.78, 5) is 22.2. The molecule has 1 aromatic rings. The van der Waals surface area contributed by atoms with Crippen molar-refractivity contribution in [2.24, 2.45) is 16.5 Å². The summed E-state index contributed by atoms with van der Waals surface area (Å²) in [6.45, 7) is 1.61. The number of nitrogens with zero attached hydrogens (tertiary/aromatic N) is 3. The van der Waals surface area contributed by atoms with Gasteiger partial charge in [-0.05, 0) is 6.92 Å². The van der Waals surface area contributed by atoms with Crippen LogP contribution >= 0.6 is 11.6 Å². The molecule has 1 heterocycles. The number of anilines is 1. The van der Waals surface area contributed by atoms with Crippen molar-refractivity contribution in [2.75, 3.05) is 5.73 Å². The smallest absolute Gasteiger partial charge is 0.302 e. The standard InChI is InChI=1S/C7H9ClN6O/c1-2-4(8)13-3(5(9)12-2)6(15)14-7(10)11/h1H3,(H2,9,12)(H4,10,11,14,15). The second-order valence-corrected chi connectivity index (χ2v) is 3.03. The molecule has 1 amide bonds. The summed E-state index contributed by atoms with van der Waals surface area (Å²) in [5, 5.41) is 0.0818. The first-order valence-corrected chi connectivity index (χ1v) is 4.23. The molecule has 0 saturated carbocycles. The Hall–Kier alpha value is -1.89. The lowest BCUT2D eigenvalue weighted by Gasteiger charge is -2.02. The highest BCUT2D eigenvalue weighted by Gasteiger charge is 2.14. The zero-order valence-electron chi connectivity index (χ0n) is 7.86. The highest BCUT2D eigenvalue weighted by molar-refractivity contribution is 6.30. The number of aromatic nitrogens is 2. The number of halogens is 1. The van der Waals surface area contributed by atoms with E-state index in [1.165, 1.54) is 0 Å². The van der Waals surface area contributed by atoms with Crippen LogP contribution in [0.15, 0.2) is 4.99 Å². The summed E-state index contributed by atoms with van der Waals surface area (Å²) >= 11 is 5.67. The van der Waals surface area contributed by atoms with Crippen LogP contribution < -0.4 is 17.2 Å². The van der Waals surface area contributed by atoms with Crippen molar-refractivity contribution in [3.8, 4) is 0 Å². The zero-order chi connectivity index (χ0) is 11.6. The van der Waals surface area contributed by atoms with E-state index in [0.29, 0.717) is 5.69 Å². The first-order valence-electron chi connectivity index (χ1n) is 3.85. The number of rotatable bonds is 1. The van der Waals surface area contributed by atoms with Gasteiger partial charge in [0.25, 0.3) is 0 Å². The zero-order valence-corrected chi connectivity index (χ0v) is 8.62. The lowest BCUT2D eigenvalue weighted by molar-refractivity contribution is 0.0998. The van der Waals surface area contributed by atoms with Crippen LogP contribution in [0, 0.1) is 6.92 Å². The Morgan fingerprint density at radius 3 is 2.53 bits per heavy atom. The van der Waals surface area contributed by atoms with Crippen molar-refractivity contribution in [2.45, 2.75) is 6.92 Å². The van der Waals surface area contributed by atoms with Gasteiger partial charge in [0.05, 0.1) is 5.69 Å². The molecule has 0 aliphatic rings. The number of aryl methyl sites for hydroxylation is 1. The fourth-order valence-electron chi connectivity index (χ4n) is 0.844. The molecule has 0 aromatic carbocycles. The maximum atomic E-state index is 11.4. The summed E-state index contributed by atoms with van der Waals surface area (Å²) in [6.07, 6.45) is 0. The molecule has 0 atom stereocenters. The topological polar surface area (TPSA) is 133 Å². The summed E-state index contributed by atoms with van der Waals surface area (Å²) in [7, 11) is 0. The lowest BCUT2D eigenvalue weighted by Crippen LogP contribution is -2.24. The number of carbonyl (C=O) groups excluding carboxylic acids is 1. The van der Waals surface area contributed by atoms with Crippen LogP contribution in [-0.2, 0) is 0 Å². The molecule has 6 N–H and O–H groups in total. The van der Waals surface area contributed by atoms with E-state index >= 15 is 0 Å². The third-order valence-corrected chi connectivity index (χ3v) is 1.83. The van der Waals surface area contributed by atoms with Crippen LogP contribution in [0.2, 0.25) is 5.15 Å². The molecule has 0 aliphatic carbocycles. The largest absolute Gasteiger partial charge is 0.382 e. The lowest BCUT2D eigenvalue weighted by atomic mass is 10.3. The minimum absolute atomic E-state index is 0.0631. The van der Waals surface area contributed by atoms with Crippen LogP contribution in [0.5, 0.6) is 0 Å². The van der Waals surface area contributed by atoms with Crippen LogP contribution in [0.25, 0.3) is 0 Å². The molecule has 0 unspecified atom stereocenters. The molecule has 0 bridgehead atoms. The van der Waals surface area contributed by atoms with Crippen LogP contribution in [-0.4, -0.2) is 21.8 Å². The summed E-state index contributed by atoms with van der Waals surface area (Å²) in [6, 6.07) is 0. The molecule has 8 heteroatoms. The number of hydrogen-bond acceptors (Lipinski definition) is 4. The average Bonchev–Trinajstić information content (AvgIpc) is 2.09. The van der Waals surface area contributed by atoms with Gasteiger partial charge >= 0.3 is 5.91 Å². The van der Waals surface area contributed by atoms with Gasteiger partial charge in [-0.3, -0.25) is 4.79 Å². The van der Waals surface area contributed by atoms with Gasteiger partial charge in [0.1, 0.15) is 0 Å². The van der Waals surface area contributed by atoms with Crippen molar-refractivity contribution in [1.82, 2.24) is 9.97 Å². The second-order valence-electron chi connectivity index (χ2n) is 2.68. The van der Waals surface area contributed by atoms with E-state index in [9.17, 15) is 4.79 Å². The molecule has 0 fully saturated rings. The van der Waals surface area contributed by atoms with E-state index in [-0.39, 0.29) is 22.6 Å². The Bertz CT molecular complexity index is 439. The van der Waals surface area contributed by atoms with E-state index in [1.807, 2.05) is 0 Å². The van der Waals surface area contributed by atoms with Crippen LogP contribution in [0.1, 0.15) is 16.2 Å². The SMILES string of the molecule is Cc1nc(N)c(C(=O)N=C(N)N)nc1Cl. The van der Waals surface area contributed by atoms with E-state index in [0.717, 1.165) is 0 Å². The molecule has 7 nitrogen and oxygen atoms in total. The molecule has 80 valence electrons. The van der Waals surface area contributed by atoms with Gasteiger partial charge in [-0.25, -0.2) is 9.97 Å². The minimum atomic E-state index is -0.776. The van der Waals surface area contributed by atoms with Crippen molar-refractivity contribution in [1.29, 1.82) is 0 Å². The Morgan fingerprint density at radius 1 is 1.40 bits per heavy atom. The molecular formula is C7H9ClN6O. The third-order valence-electron chi connectivity index (χ3n) is 1.47. The number of guanidine groups is 1. The second kappa shape index (κ2) is 4.09. The summed E-state index contributed by atoms with van der Waals surface area (Å²) in [5.41, 5.74) is 15.8. The van der Waals surface area contributed by atoms with Gasteiger partial charge in [-0.15, -0.1) is 0 Å². The molecule has 0 spiro atoms. The van der Waals surface area contributed by atoms with Crippen LogP contribution in [0.3, 0.4) is 0 Å². The first kappa shape index (κ1) is 11.2. The van der Waals surface area contributed by atoms with Crippen molar-refractivity contribution >= 4 is 29.3 Å². The predicted octanol–water partition coefficient (Wildman–Crippen LogP) is -0.566. The maximum Gasteiger partial charge on any atom is 0.302 e. The molecule has 0 aliphatic heterocycles. The molecule has 15 heavy (non-hydrogen) atoms. The first-order chi connectivity index (χ1) is 6.91. The summed E-state index contributed by atoms with van der Waals surface area (Å²) in [5.74, 6) is -1.22. The Kier molecular flexibility index (Phi) is 3.05. The Labute approximate surface area is 90.3 Å². The number of hydrogen-bond donors (Lipinski definition) is 3. The third kappa shape index (κ3) is 2.53. The molecule has 0 radical (unpaired) electrons. The predicted molar refractivity (Wildman–Crippen MR) is 56.3 cm³/mol. The van der Waals surface area contributed by atoms with Gasteiger partial charge in [0, 0.05) is 0 Å². The number of nitrogens with two attached hydrogens (primary N) is 3. The highest BCUT2D eigenvalue weighted by atomic mass is 35.5. The van der Waals surface area contributed by atoms with E-state index in [4.69, 9.17) is 28.8 Å². The normalized spacial score (nSPS) is 9.73. The average molecular weight is 229 g/mol. The Morgan fingerprint density at radius 2 is 2.00 bits per heavy atom. The van der Waals surface area contributed by atoms with Gasteiger partial charge in [0.2, 0.25) is 0 Å². The fraction of sp³-hybridized carbons (Fsp3) is 0.143. The minimum Gasteiger partial charge on any atom is -0.382 e. The van der Waals surface area contributed by atoms with Gasteiger partial charge < -0.3 is 17.2 Å². The molecular weight excluding hydrogens is 220 g/mol. The van der Waals surface area contributed by atoms with Crippen molar-refractivity contribution < 1.29 is 4.79 Å². The molecule has 0 saturated heterocycles. The highest BCUT2D eigenvalue weighted by Crippen LogP contribution is 2.15. The molecule has 1 aromatic heterocycles. The van der Waals surface area contributed by atoms with Gasteiger partial charge in [-0.2, -0.15) is 4.99 Å². The monoisotopic (exact) mass is 228 g/mol. The van der Waals surface area contributed by atoms with Crippen molar-refractivity contribution in [3.63, 3.8) is 0 Å². The number of carbonyl (C=O) groups is 1. The summed E-state index contributed by atoms with van der Waals surface area (Å²) < 4.78 is 0. The fourth-order valence-corrected chi connectivity index (χ4v) is 0.970. The molecule has 1 rings (SSSR count). The van der Waals surface area contributed by atoms with E-state index < -0.39 is 5.91 Å². The van der Waals surface area contributed by atoms with E-state index in [2.05, 4.69) is 15.0 Å². The van der Waals surface area contributed by atoms with Gasteiger partial charge in [-0.1, -0.05) is 11.6 Å². The number of nitrogen functional groups attached to an aromatic ring is 1. The number of amides is 1. The van der Waals surface area contributed by atoms with Gasteiger partial charge in [0.15, 0.2) is 22.6 Å². The van der Waals surface area contributed by atoms with Crippen LogP contribution in [0.4, 0.5) is 5.82 Å². The number of aliphatic imine (C=N–C) groups is 1. The van der Waals surface area contributed by atoms with E-state index in [1.54, 1.807) is 6.92 Å². The van der Waals surface area contributed by atoms with Crippen molar-refractivity contribution in [3.05, 3.63) is 16.5 Å².